The molecule has 2 aliphatic rings. The van der Waals surface area contributed by atoms with Crippen LogP contribution in [0.1, 0.15) is 30.1 Å². The Morgan fingerprint density at radius 3 is 3.25 bits per heavy atom. The predicted molar refractivity (Wildman–Crippen MR) is 64.9 cm³/mol. The Bertz CT molecular complexity index is 394. The summed E-state index contributed by atoms with van der Waals surface area (Å²) in [6.07, 6.45) is 3.76. The van der Waals surface area contributed by atoms with E-state index in [-0.39, 0.29) is 6.10 Å². The van der Waals surface area contributed by atoms with E-state index in [0.717, 1.165) is 24.6 Å². The fraction of sp³-hybridized carbons (Fsp3) is 0.538. The molecule has 16 heavy (non-hydrogen) atoms. The van der Waals surface area contributed by atoms with E-state index in [1.165, 1.54) is 24.0 Å². The first kappa shape index (κ1) is 10.6. The first-order valence-electron chi connectivity index (χ1n) is 5.98. The van der Waals surface area contributed by atoms with Crippen LogP contribution in [0.2, 0.25) is 5.02 Å². The molecule has 3 heteroatoms. The van der Waals surface area contributed by atoms with Crippen molar-refractivity contribution in [3.05, 3.63) is 34.3 Å². The summed E-state index contributed by atoms with van der Waals surface area (Å²) < 4.78 is 5.92. The smallest absolute Gasteiger partial charge is 0.0981 e. The molecule has 2 nitrogen and oxygen atoms in total. The minimum Gasteiger partial charge on any atom is -0.371 e. The number of benzene rings is 1. The second-order valence-electron chi connectivity index (χ2n) is 4.59. The zero-order chi connectivity index (χ0) is 11.0. The quantitative estimate of drug-likeness (QED) is 0.749. The van der Waals surface area contributed by atoms with Crippen molar-refractivity contribution in [1.29, 1.82) is 0 Å². The van der Waals surface area contributed by atoms with Crippen LogP contribution in [0, 0.1) is 0 Å². The van der Waals surface area contributed by atoms with E-state index < -0.39 is 0 Å². The first-order chi connectivity index (χ1) is 7.84. The van der Waals surface area contributed by atoms with Crippen molar-refractivity contribution in [3.8, 4) is 0 Å². The van der Waals surface area contributed by atoms with Gasteiger partial charge in [0.15, 0.2) is 0 Å². The second-order valence-corrected chi connectivity index (χ2v) is 5.02. The molecule has 1 aromatic rings. The van der Waals surface area contributed by atoms with Crippen molar-refractivity contribution in [2.45, 2.75) is 31.4 Å². The standard InChI is InChI=1S/C13H16ClNO/c14-10-5-4-9-2-1-3-12-13(11(9)8-10)16-7-6-15-12/h4-5,8,12-13,15H,1-3,6-7H2/t12-,13-/m1/s1. The first-order valence-corrected chi connectivity index (χ1v) is 6.36. The van der Waals surface area contributed by atoms with E-state index in [1.807, 2.05) is 6.07 Å². The summed E-state index contributed by atoms with van der Waals surface area (Å²) in [7, 11) is 0. The topological polar surface area (TPSA) is 21.3 Å². The Kier molecular flexibility index (Phi) is 2.88. The summed E-state index contributed by atoms with van der Waals surface area (Å²) in [5, 5.41) is 4.37. The summed E-state index contributed by atoms with van der Waals surface area (Å²) in [4.78, 5) is 0. The molecule has 0 amide bonds. The van der Waals surface area contributed by atoms with Crippen molar-refractivity contribution in [2.24, 2.45) is 0 Å². The Morgan fingerprint density at radius 2 is 2.31 bits per heavy atom. The van der Waals surface area contributed by atoms with Gasteiger partial charge < -0.3 is 10.1 Å². The lowest BCUT2D eigenvalue weighted by atomic mass is 9.98. The molecule has 0 unspecified atom stereocenters. The average Bonchev–Trinajstić information content (AvgIpc) is 2.48. The molecule has 1 aliphatic heterocycles. The number of rotatable bonds is 0. The van der Waals surface area contributed by atoms with Crippen LogP contribution < -0.4 is 5.32 Å². The van der Waals surface area contributed by atoms with Gasteiger partial charge in [0.1, 0.15) is 0 Å². The fourth-order valence-electron chi connectivity index (χ4n) is 2.78. The highest BCUT2D eigenvalue weighted by Crippen LogP contribution is 2.34. The van der Waals surface area contributed by atoms with Crippen LogP contribution in [-0.4, -0.2) is 19.2 Å². The van der Waals surface area contributed by atoms with Gasteiger partial charge in [-0.05, 0) is 42.5 Å². The molecule has 86 valence electrons. The molecule has 1 aliphatic carbocycles. The molecule has 0 spiro atoms. The van der Waals surface area contributed by atoms with Gasteiger partial charge in [-0.25, -0.2) is 0 Å². The third-order valence-electron chi connectivity index (χ3n) is 3.55. The second kappa shape index (κ2) is 4.36. The van der Waals surface area contributed by atoms with Crippen LogP contribution in [0.15, 0.2) is 18.2 Å². The molecule has 0 saturated carbocycles. The average molecular weight is 238 g/mol. The number of fused-ring (bicyclic) bond motifs is 3. The number of hydrogen-bond donors (Lipinski definition) is 1. The Morgan fingerprint density at radius 1 is 1.38 bits per heavy atom. The van der Waals surface area contributed by atoms with E-state index in [4.69, 9.17) is 16.3 Å². The highest BCUT2D eigenvalue weighted by molar-refractivity contribution is 6.30. The molecule has 1 saturated heterocycles. The highest BCUT2D eigenvalue weighted by atomic mass is 35.5. The molecule has 0 bridgehead atoms. The van der Waals surface area contributed by atoms with Crippen LogP contribution in [0.4, 0.5) is 0 Å². The summed E-state index contributed by atoms with van der Waals surface area (Å²) in [5.74, 6) is 0. The van der Waals surface area contributed by atoms with Gasteiger partial charge in [0.25, 0.3) is 0 Å². The maximum atomic E-state index is 6.09. The molecule has 0 aromatic heterocycles. The maximum Gasteiger partial charge on any atom is 0.0981 e. The predicted octanol–water partition coefficient (Wildman–Crippen LogP) is 2.71. The molecule has 2 atom stereocenters. The molecule has 1 N–H and O–H groups in total. The number of ether oxygens (including phenoxy) is 1. The molecule has 1 aromatic carbocycles. The zero-order valence-corrected chi connectivity index (χ0v) is 9.96. The SMILES string of the molecule is Clc1ccc2c(c1)[C@H]1OCCN[C@@H]1CCC2. The van der Waals surface area contributed by atoms with Crippen molar-refractivity contribution in [2.75, 3.05) is 13.2 Å². The summed E-state index contributed by atoms with van der Waals surface area (Å²) in [5.41, 5.74) is 2.70. The summed E-state index contributed by atoms with van der Waals surface area (Å²) in [6, 6.07) is 6.68. The van der Waals surface area contributed by atoms with Crippen molar-refractivity contribution in [1.82, 2.24) is 5.32 Å². The van der Waals surface area contributed by atoms with Gasteiger partial charge in [-0.3, -0.25) is 0 Å². The van der Waals surface area contributed by atoms with Gasteiger partial charge in [0, 0.05) is 17.6 Å². The van der Waals surface area contributed by atoms with Gasteiger partial charge in [0.2, 0.25) is 0 Å². The van der Waals surface area contributed by atoms with Crippen molar-refractivity contribution < 1.29 is 4.74 Å². The number of nitrogens with one attached hydrogen (secondary N) is 1. The maximum absolute atomic E-state index is 6.09. The summed E-state index contributed by atoms with van der Waals surface area (Å²) in [6.45, 7) is 1.77. The van der Waals surface area contributed by atoms with E-state index in [1.54, 1.807) is 0 Å². The van der Waals surface area contributed by atoms with E-state index in [2.05, 4.69) is 17.4 Å². The lowest BCUT2D eigenvalue weighted by Crippen LogP contribution is -2.43. The van der Waals surface area contributed by atoms with Crippen LogP contribution in [0.25, 0.3) is 0 Å². The van der Waals surface area contributed by atoms with Crippen LogP contribution in [0.5, 0.6) is 0 Å². The van der Waals surface area contributed by atoms with Crippen LogP contribution in [0.3, 0.4) is 0 Å². The number of aryl methyl sites for hydroxylation is 1. The zero-order valence-electron chi connectivity index (χ0n) is 9.21. The van der Waals surface area contributed by atoms with Gasteiger partial charge >= 0.3 is 0 Å². The number of halogens is 1. The van der Waals surface area contributed by atoms with E-state index >= 15 is 0 Å². The highest BCUT2D eigenvalue weighted by Gasteiger charge is 2.30. The van der Waals surface area contributed by atoms with Gasteiger partial charge in [-0.15, -0.1) is 0 Å². The third kappa shape index (κ3) is 1.86. The van der Waals surface area contributed by atoms with E-state index in [0.29, 0.717) is 6.04 Å². The van der Waals surface area contributed by atoms with Crippen LogP contribution >= 0.6 is 11.6 Å². The van der Waals surface area contributed by atoms with Gasteiger partial charge in [-0.1, -0.05) is 17.7 Å². The van der Waals surface area contributed by atoms with Crippen molar-refractivity contribution >= 4 is 11.6 Å². The lowest BCUT2D eigenvalue weighted by Gasteiger charge is -2.32. The van der Waals surface area contributed by atoms with Gasteiger partial charge in [0.05, 0.1) is 12.7 Å². The molecule has 1 fully saturated rings. The molecular formula is C13H16ClNO. The van der Waals surface area contributed by atoms with Crippen molar-refractivity contribution in [3.63, 3.8) is 0 Å². The molecule has 0 radical (unpaired) electrons. The minimum absolute atomic E-state index is 0.199. The Balaban J connectivity index is 2.02. The van der Waals surface area contributed by atoms with Crippen LogP contribution in [-0.2, 0) is 11.2 Å². The number of morpholine rings is 1. The lowest BCUT2D eigenvalue weighted by molar-refractivity contribution is -0.00644. The van der Waals surface area contributed by atoms with E-state index in [9.17, 15) is 0 Å². The Labute approximate surface area is 101 Å². The third-order valence-corrected chi connectivity index (χ3v) is 3.78. The molecule has 3 rings (SSSR count). The summed E-state index contributed by atoms with van der Waals surface area (Å²) >= 11 is 6.09. The Hall–Kier alpha value is -0.570. The normalized spacial score (nSPS) is 29.1. The minimum atomic E-state index is 0.199. The molecule has 1 heterocycles. The monoisotopic (exact) mass is 237 g/mol. The molecular weight excluding hydrogens is 222 g/mol. The fourth-order valence-corrected chi connectivity index (χ4v) is 2.96. The number of hydrogen-bond acceptors (Lipinski definition) is 2. The van der Waals surface area contributed by atoms with Gasteiger partial charge in [-0.2, -0.15) is 0 Å². The largest absolute Gasteiger partial charge is 0.371 e.